The summed E-state index contributed by atoms with van der Waals surface area (Å²) in [5.41, 5.74) is -0.608. The summed E-state index contributed by atoms with van der Waals surface area (Å²) < 4.78 is 35.9. The summed E-state index contributed by atoms with van der Waals surface area (Å²) in [5.74, 6) is -0.304. The summed E-state index contributed by atoms with van der Waals surface area (Å²) >= 11 is 0. The number of phosphoric ester groups is 2. The molecule has 0 aliphatic heterocycles. The van der Waals surface area contributed by atoms with Crippen molar-refractivity contribution < 1.29 is 121 Å². The van der Waals surface area contributed by atoms with E-state index in [0.717, 1.165) is 72.8 Å². The molecule has 4 aromatic rings. The van der Waals surface area contributed by atoms with Crippen LogP contribution in [0.4, 0.5) is 22.7 Å². The molecule has 0 heterocycles. The average Bonchev–Trinajstić information content (AvgIpc) is 2.97. The van der Waals surface area contributed by atoms with Crippen molar-refractivity contribution in [2.45, 2.75) is 7.43 Å². The predicted octanol–water partition coefficient (Wildman–Crippen LogP) is 0.0720. The van der Waals surface area contributed by atoms with Crippen molar-refractivity contribution in [3.63, 3.8) is 0 Å². The Labute approximate surface area is 325 Å². The number of nitrogens with zero attached hydrogens (tertiary/aromatic N) is 4. The Kier molecular flexibility index (Phi) is 21.1. The van der Waals surface area contributed by atoms with E-state index in [-0.39, 0.29) is 112 Å². The number of phenolic OH excluding ortho intramolecular Hbond substituents is 1. The minimum absolute atomic E-state index is 0. The quantitative estimate of drug-likeness (QED) is 0.0719. The SMILES string of the molecule is C.O=[N+]([O-])c1ccc(O)cc1.O=[N+]([O-])c1ccc(OP(=O)(O)O)cc1.O=[N+]([O-])c1ccc(OP(=O)(O)Oc2ccc([N+](=O)[O-])cc2)cc1.[Na+].[Na+]. The Hall–Kier alpha value is -3.98. The van der Waals surface area contributed by atoms with Gasteiger partial charge in [-0.1, -0.05) is 7.43 Å². The second-order valence-electron chi connectivity index (χ2n) is 8.26. The van der Waals surface area contributed by atoms with Gasteiger partial charge in [-0.2, -0.15) is 0 Å². The van der Waals surface area contributed by atoms with E-state index in [1.54, 1.807) is 0 Å². The number of benzene rings is 4. The first-order valence-electron chi connectivity index (χ1n) is 12.0. The van der Waals surface area contributed by atoms with E-state index in [4.69, 9.17) is 23.9 Å². The Morgan fingerprint density at radius 1 is 0.460 bits per heavy atom. The molecule has 0 aliphatic rings. The van der Waals surface area contributed by atoms with E-state index in [1.165, 1.54) is 24.3 Å². The molecule has 0 atom stereocenters. The summed E-state index contributed by atoms with van der Waals surface area (Å²) in [6, 6.07) is 18.4. The van der Waals surface area contributed by atoms with Crippen LogP contribution in [0.25, 0.3) is 0 Å². The molecule has 0 unspecified atom stereocenters. The third-order valence-corrected chi connectivity index (χ3v) is 6.20. The van der Waals surface area contributed by atoms with Gasteiger partial charge in [0.2, 0.25) is 0 Å². The van der Waals surface area contributed by atoms with Gasteiger partial charge in [0.15, 0.2) is 0 Å². The van der Waals surface area contributed by atoms with Crippen LogP contribution in [0.15, 0.2) is 97.1 Å². The van der Waals surface area contributed by atoms with Gasteiger partial charge >= 0.3 is 74.8 Å². The van der Waals surface area contributed by atoms with Crippen molar-refractivity contribution in [3.8, 4) is 23.0 Å². The fraction of sp³-hybridized carbons (Fsp3) is 0.0400. The Bertz CT molecular complexity index is 1750. The molecule has 256 valence electrons. The molecular weight excluding hydrogens is 736 g/mol. The van der Waals surface area contributed by atoms with Crippen molar-refractivity contribution in [1.29, 1.82) is 0 Å². The van der Waals surface area contributed by atoms with Gasteiger partial charge in [0.25, 0.3) is 22.7 Å². The smallest absolute Gasteiger partial charge is 0.508 e. The van der Waals surface area contributed by atoms with Crippen LogP contribution in [0.5, 0.6) is 23.0 Å². The maximum absolute atomic E-state index is 11.8. The molecule has 4 aromatic carbocycles. The first-order valence-corrected chi connectivity index (χ1v) is 15.0. The van der Waals surface area contributed by atoms with Crippen molar-refractivity contribution in [2.24, 2.45) is 0 Å². The van der Waals surface area contributed by atoms with Crippen LogP contribution in [0.2, 0.25) is 0 Å². The molecule has 25 heteroatoms. The second kappa shape index (κ2) is 22.0. The van der Waals surface area contributed by atoms with Crippen LogP contribution >= 0.6 is 15.6 Å². The Morgan fingerprint density at radius 2 is 0.680 bits per heavy atom. The molecule has 4 rings (SSSR count). The number of nitro benzene ring substituents is 4. The van der Waals surface area contributed by atoms with Gasteiger partial charge in [-0.3, -0.25) is 55.1 Å². The number of rotatable bonds is 10. The van der Waals surface area contributed by atoms with Gasteiger partial charge in [-0.15, -0.1) is 0 Å². The number of hydrogen-bond donors (Lipinski definition) is 4. The number of aromatic hydroxyl groups is 1. The van der Waals surface area contributed by atoms with Crippen LogP contribution in [0.1, 0.15) is 7.43 Å². The zero-order valence-corrected chi connectivity index (χ0v) is 30.8. The zero-order valence-electron chi connectivity index (χ0n) is 25.0. The molecule has 4 N–H and O–H groups in total. The molecule has 0 saturated carbocycles. The molecule has 0 aliphatic carbocycles. The van der Waals surface area contributed by atoms with Crippen LogP contribution in [0.3, 0.4) is 0 Å². The molecule has 0 fully saturated rings. The summed E-state index contributed by atoms with van der Waals surface area (Å²) in [6.07, 6.45) is 0. The van der Waals surface area contributed by atoms with Gasteiger partial charge < -0.3 is 18.7 Å². The summed E-state index contributed by atoms with van der Waals surface area (Å²) in [7, 11) is -9.15. The number of nitro groups is 4. The maximum atomic E-state index is 11.8. The van der Waals surface area contributed by atoms with Gasteiger partial charge in [-0.05, 0) is 48.5 Å². The summed E-state index contributed by atoms with van der Waals surface area (Å²) in [5, 5.41) is 50.0. The third kappa shape index (κ3) is 18.1. The van der Waals surface area contributed by atoms with Crippen molar-refractivity contribution in [1.82, 2.24) is 0 Å². The number of non-ortho nitro benzene ring substituents is 4. The van der Waals surface area contributed by atoms with Crippen LogP contribution in [-0.2, 0) is 9.13 Å². The maximum Gasteiger partial charge on any atom is 1.00 e. The topological polar surface area (TPSA) is 315 Å². The van der Waals surface area contributed by atoms with Gasteiger partial charge in [-0.25, -0.2) is 9.13 Å². The minimum Gasteiger partial charge on any atom is -0.508 e. The number of phenols is 1. The van der Waals surface area contributed by atoms with Gasteiger partial charge in [0, 0.05) is 48.5 Å². The fourth-order valence-electron chi connectivity index (χ4n) is 2.88. The molecule has 50 heavy (non-hydrogen) atoms. The van der Waals surface area contributed by atoms with Crippen molar-refractivity contribution in [3.05, 3.63) is 138 Å². The fourth-order valence-corrected chi connectivity index (χ4v) is 4.09. The number of hydrogen-bond acceptors (Lipinski definition) is 14. The van der Waals surface area contributed by atoms with Gasteiger partial charge in [0.1, 0.15) is 23.0 Å². The third-order valence-electron chi connectivity index (χ3n) is 4.87. The first-order chi connectivity index (χ1) is 21.8. The summed E-state index contributed by atoms with van der Waals surface area (Å²) in [4.78, 5) is 65.3. The van der Waals surface area contributed by atoms with Gasteiger partial charge in [0.05, 0.1) is 19.7 Å². The molecule has 21 nitrogen and oxygen atoms in total. The van der Waals surface area contributed by atoms with Crippen LogP contribution in [0, 0.1) is 40.5 Å². The standard InChI is InChI=1S/C12H9N2O8P.C6H6NO6P.C6H5NO3.CH4.2Na/c15-13(16)9-1-5-11(6-2-9)21-23(19,20)22-12-7-3-10(4-8-12)14(17)18;8-7(9)5-1-3-6(4-2-5)13-14(10,11)12;8-6-3-1-5(2-4-6)7(9)10;;;/h1-8H,(H,19,20);1-4H,(H2,10,11,12);1-4,8H;1H4;;/q;;;;2*+1. The molecular formula is C25H24N4Na2O17P2+2. The number of phosphoric acid groups is 2. The van der Waals surface area contributed by atoms with Crippen LogP contribution < -0.4 is 72.7 Å². The minimum atomic E-state index is -4.60. The van der Waals surface area contributed by atoms with E-state index >= 15 is 0 Å². The summed E-state index contributed by atoms with van der Waals surface area (Å²) in [6.45, 7) is 0. The zero-order chi connectivity index (χ0) is 35.4. The van der Waals surface area contributed by atoms with E-state index in [9.17, 15) is 54.5 Å². The van der Waals surface area contributed by atoms with Crippen molar-refractivity contribution in [2.75, 3.05) is 0 Å². The van der Waals surface area contributed by atoms with Crippen LogP contribution in [-0.4, -0.2) is 39.5 Å². The average molecular weight is 760 g/mol. The van der Waals surface area contributed by atoms with E-state index in [2.05, 4.69) is 4.52 Å². The largest absolute Gasteiger partial charge is 1.00 e. The van der Waals surface area contributed by atoms with Crippen molar-refractivity contribution >= 4 is 38.4 Å². The molecule has 0 bridgehead atoms. The molecule has 0 radical (unpaired) electrons. The first kappa shape index (κ1) is 48.1. The van der Waals surface area contributed by atoms with E-state index < -0.39 is 35.3 Å². The molecule has 0 spiro atoms. The van der Waals surface area contributed by atoms with E-state index in [1.807, 2.05) is 0 Å². The monoisotopic (exact) mass is 760 g/mol. The second-order valence-corrected chi connectivity index (χ2v) is 10.7. The predicted molar refractivity (Wildman–Crippen MR) is 165 cm³/mol. The Morgan fingerprint density at radius 3 is 0.900 bits per heavy atom. The molecule has 0 saturated heterocycles. The molecule has 0 aromatic heterocycles. The normalized spacial score (nSPS) is 9.90. The van der Waals surface area contributed by atoms with E-state index in [0.29, 0.717) is 0 Å². The Balaban J connectivity index is 0. The molecule has 0 amide bonds.